The number of anilines is 1. The number of carbonyl (C=O) groups excluding carboxylic acids is 2. The Morgan fingerprint density at radius 1 is 1.14 bits per heavy atom. The molecule has 4 rings (SSSR count). The van der Waals surface area contributed by atoms with Crippen molar-refractivity contribution in [3.63, 3.8) is 0 Å². The third kappa shape index (κ3) is 5.81. The Bertz CT molecular complexity index is 1250. The summed E-state index contributed by atoms with van der Waals surface area (Å²) in [6, 6.07) is 9.65. The van der Waals surface area contributed by atoms with E-state index in [-0.39, 0.29) is 11.8 Å². The van der Waals surface area contributed by atoms with Crippen LogP contribution in [0.3, 0.4) is 0 Å². The summed E-state index contributed by atoms with van der Waals surface area (Å²) in [6.45, 7) is 7.66. The van der Waals surface area contributed by atoms with Crippen LogP contribution in [0.25, 0.3) is 5.65 Å². The Morgan fingerprint density at radius 2 is 1.95 bits per heavy atom. The second kappa shape index (κ2) is 12.0. The Labute approximate surface area is 218 Å². The van der Waals surface area contributed by atoms with E-state index in [0.29, 0.717) is 43.1 Å². The number of hydrogen-bond acceptors (Lipinski definition) is 6. The second-order valence-corrected chi connectivity index (χ2v) is 9.18. The first-order valence-electron chi connectivity index (χ1n) is 13.0. The predicted molar refractivity (Wildman–Crippen MR) is 144 cm³/mol. The fourth-order valence-corrected chi connectivity index (χ4v) is 4.84. The lowest BCUT2D eigenvalue weighted by atomic mass is 10.1. The number of methoxy groups -OCH3 is 2. The highest BCUT2D eigenvalue weighted by atomic mass is 16.5. The van der Waals surface area contributed by atoms with Gasteiger partial charge < -0.3 is 24.6 Å². The summed E-state index contributed by atoms with van der Waals surface area (Å²) >= 11 is 0. The van der Waals surface area contributed by atoms with Gasteiger partial charge in [0.05, 0.1) is 25.5 Å². The average molecular weight is 508 g/mol. The molecule has 0 aliphatic carbocycles. The van der Waals surface area contributed by atoms with Crippen LogP contribution >= 0.6 is 0 Å². The molecule has 1 saturated heterocycles. The SMILES string of the molecule is CCc1nc2ccc(C(=O)NCCCN3CCCC3=O)cn2c1N(CC)Cc1ccc(OC)c(OC)c1. The molecule has 1 fully saturated rings. The largest absolute Gasteiger partial charge is 0.493 e. The molecular weight excluding hydrogens is 470 g/mol. The predicted octanol–water partition coefficient (Wildman–Crippen LogP) is 3.68. The van der Waals surface area contributed by atoms with Crippen molar-refractivity contribution < 1.29 is 19.1 Å². The zero-order valence-electron chi connectivity index (χ0n) is 22.2. The highest BCUT2D eigenvalue weighted by Gasteiger charge is 2.21. The van der Waals surface area contributed by atoms with Crippen molar-refractivity contribution in [2.24, 2.45) is 0 Å². The number of hydrogen-bond donors (Lipinski definition) is 1. The van der Waals surface area contributed by atoms with E-state index in [9.17, 15) is 9.59 Å². The lowest BCUT2D eigenvalue weighted by Gasteiger charge is -2.24. The minimum atomic E-state index is -0.129. The molecule has 0 unspecified atom stereocenters. The number of aryl methyl sites for hydroxylation is 1. The number of amides is 2. The topological polar surface area (TPSA) is 88.4 Å². The van der Waals surface area contributed by atoms with E-state index in [4.69, 9.17) is 14.5 Å². The first-order valence-corrected chi connectivity index (χ1v) is 13.0. The van der Waals surface area contributed by atoms with Gasteiger partial charge in [-0.1, -0.05) is 13.0 Å². The number of fused-ring (bicyclic) bond motifs is 1. The first kappa shape index (κ1) is 26.3. The normalized spacial score (nSPS) is 13.3. The fraction of sp³-hybridized carbons (Fsp3) is 0.464. The Hall–Kier alpha value is -3.75. The third-order valence-electron chi connectivity index (χ3n) is 6.82. The summed E-state index contributed by atoms with van der Waals surface area (Å²) in [5.41, 5.74) is 3.45. The molecule has 1 N–H and O–H groups in total. The molecular formula is C28H37N5O4. The number of benzene rings is 1. The van der Waals surface area contributed by atoms with Crippen LogP contribution in [0.5, 0.6) is 11.5 Å². The zero-order chi connectivity index (χ0) is 26.4. The summed E-state index contributed by atoms with van der Waals surface area (Å²) in [5, 5.41) is 3.00. The molecule has 0 bridgehead atoms. The van der Waals surface area contributed by atoms with Gasteiger partial charge in [-0.25, -0.2) is 4.98 Å². The van der Waals surface area contributed by atoms with Gasteiger partial charge in [-0.3, -0.25) is 14.0 Å². The van der Waals surface area contributed by atoms with Crippen LogP contribution in [0.2, 0.25) is 0 Å². The summed E-state index contributed by atoms with van der Waals surface area (Å²) in [5.74, 6) is 2.45. The molecule has 9 heteroatoms. The van der Waals surface area contributed by atoms with Crippen LogP contribution in [0.15, 0.2) is 36.5 Å². The van der Waals surface area contributed by atoms with Crippen molar-refractivity contribution in [2.45, 2.75) is 46.1 Å². The number of ether oxygens (including phenoxy) is 2. The number of carbonyl (C=O) groups is 2. The lowest BCUT2D eigenvalue weighted by Crippen LogP contribution is -2.30. The van der Waals surface area contributed by atoms with Gasteiger partial charge in [0.25, 0.3) is 5.91 Å². The number of pyridine rings is 1. The molecule has 1 aliphatic heterocycles. The van der Waals surface area contributed by atoms with Gasteiger partial charge in [-0.2, -0.15) is 0 Å². The number of rotatable bonds is 12. The molecule has 1 aliphatic rings. The van der Waals surface area contributed by atoms with Gasteiger partial charge in [-0.15, -0.1) is 0 Å². The minimum absolute atomic E-state index is 0.129. The lowest BCUT2D eigenvalue weighted by molar-refractivity contribution is -0.127. The molecule has 0 spiro atoms. The molecule has 2 amide bonds. The molecule has 0 saturated carbocycles. The average Bonchev–Trinajstić information content (AvgIpc) is 3.51. The quantitative estimate of drug-likeness (QED) is 0.376. The molecule has 1 aromatic carbocycles. The molecule has 3 heterocycles. The van der Waals surface area contributed by atoms with Gasteiger partial charge >= 0.3 is 0 Å². The monoisotopic (exact) mass is 507 g/mol. The molecule has 3 aromatic rings. The zero-order valence-corrected chi connectivity index (χ0v) is 22.2. The highest BCUT2D eigenvalue weighted by Crippen LogP contribution is 2.30. The van der Waals surface area contributed by atoms with Crippen molar-refractivity contribution in [1.82, 2.24) is 19.6 Å². The van der Waals surface area contributed by atoms with Crippen LogP contribution in [-0.2, 0) is 17.8 Å². The summed E-state index contributed by atoms with van der Waals surface area (Å²) < 4.78 is 12.9. The van der Waals surface area contributed by atoms with Crippen molar-refractivity contribution in [3.8, 4) is 11.5 Å². The van der Waals surface area contributed by atoms with Crippen LogP contribution in [0.1, 0.15) is 54.7 Å². The van der Waals surface area contributed by atoms with E-state index in [1.165, 1.54) is 0 Å². The van der Waals surface area contributed by atoms with E-state index in [1.807, 2.05) is 45.8 Å². The molecule has 37 heavy (non-hydrogen) atoms. The number of nitrogens with zero attached hydrogens (tertiary/aromatic N) is 4. The van der Waals surface area contributed by atoms with E-state index in [0.717, 1.165) is 55.1 Å². The van der Waals surface area contributed by atoms with Crippen molar-refractivity contribution in [3.05, 3.63) is 53.3 Å². The van der Waals surface area contributed by atoms with Crippen LogP contribution in [0, 0.1) is 0 Å². The van der Waals surface area contributed by atoms with Gasteiger partial charge in [-0.05, 0) is 56.0 Å². The van der Waals surface area contributed by atoms with Gasteiger partial charge in [0.1, 0.15) is 11.5 Å². The van der Waals surface area contributed by atoms with Crippen molar-refractivity contribution in [2.75, 3.05) is 45.3 Å². The maximum Gasteiger partial charge on any atom is 0.252 e. The highest BCUT2D eigenvalue weighted by molar-refractivity contribution is 5.94. The summed E-state index contributed by atoms with van der Waals surface area (Å²) in [7, 11) is 3.27. The molecule has 2 aromatic heterocycles. The fourth-order valence-electron chi connectivity index (χ4n) is 4.84. The first-order chi connectivity index (χ1) is 18.0. The standard InChI is InChI=1S/C28H37N5O4/c1-5-22-28(31(6-2)18-20-10-12-23(36-3)24(17-20)37-4)33-19-21(11-13-25(33)30-22)27(35)29-14-8-16-32-15-7-9-26(32)34/h10-13,17,19H,5-9,14-16,18H2,1-4H3,(H,29,35). The third-order valence-corrected chi connectivity index (χ3v) is 6.82. The van der Waals surface area contributed by atoms with Gasteiger partial charge in [0, 0.05) is 45.3 Å². The van der Waals surface area contributed by atoms with Crippen LogP contribution < -0.4 is 19.7 Å². The summed E-state index contributed by atoms with van der Waals surface area (Å²) in [4.78, 5) is 33.7. The Morgan fingerprint density at radius 3 is 2.62 bits per heavy atom. The van der Waals surface area contributed by atoms with Crippen molar-refractivity contribution in [1.29, 1.82) is 0 Å². The second-order valence-electron chi connectivity index (χ2n) is 9.18. The van der Waals surface area contributed by atoms with E-state index < -0.39 is 0 Å². The van der Waals surface area contributed by atoms with Crippen LogP contribution in [-0.4, -0.2) is 66.5 Å². The van der Waals surface area contributed by atoms with Gasteiger partial charge in [0.2, 0.25) is 5.91 Å². The van der Waals surface area contributed by atoms with Crippen LogP contribution in [0.4, 0.5) is 5.82 Å². The molecule has 198 valence electrons. The molecule has 0 atom stereocenters. The Kier molecular flexibility index (Phi) is 8.53. The number of imidazole rings is 1. The molecule has 9 nitrogen and oxygen atoms in total. The Balaban J connectivity index is 1.52. The smallest absolute Gasteiger partial charge is 0.252 e. The van der Waals surface area contributed by atoms with Crippen molar-refractivity contribution >= 4 is 23.3 Å². The molecule has 0 radical (unpaired) electrons. The summed E-state index contributed by atoms with van der Waals surface area (Å²) in [6.07, 6.45) is 4.95. The number of nitrogens with one attached hydrogen (secondary N) is 1. The maximum atomic E-state index is 12.9. The maximum absolute atomic E-state index is 12.9. The van der Waals surface area contributed by atoms with E-state index in [2.05, 4.69) is 24.1 Å². The number of aromatic nitrogens is 2. The van der Waals surface area contributed by atoms with Gasteiger partial charge in [0.15, 0.2) is 11.5 Å². The van der Waals surface area contributed by atoms with E-state index >= 15 is 0 Å². The van der Waals surface area contributed by atoms with E-state index in [1.54, 1.807) is 14.2 Å². The number of likely N-dealkylation sites (tertiary alicyclic amines) is 1. The minimum Gasteiger partial charge on any atom is -0.493 e.